The third kappa shape index (κ3) is 3.85. The molecule has 0 unspecified atom stereocenters. The quantitative estimate of drug-likeness (QED) is 0.734. The number of hydrogen-bond acceptors (Lipinski definition) is 6. The molecule has 1 heterocycles. The van der Waals surface area contributed by atoms with Crippen LogP contribution in [0.1, 0.15) is 22.8 Å². The Morgan fingerprint density at radius 3 is 2.64 bits per heavy atom. The topological polar surface area (TPSA) is 114 Å². The van der Waals surface area contributed by atoms with Gasteiger partial charge in [-0.2, -0.15) is 0 Å². The highest BCUT2D eigenvalue weighted by Crippen LogP contribution is 2.24. The summed E-state index contributed by atoms with van der Waals surface area (Å²) in [6.45, 7) is 1.52. The highest BCUT2D eigenvalue weighted by molar-refractivity contribution is 7.90. The molecule has 28 heavy (non-hydrogen) atoms. The number of hydrogen-bond donors (Lipinski definition) is 2. The first-order chi connectivity index (χ1) is 13.2. The van der Waals surface area contributed by atoms with Crippen LogP contribution >= 0.6 is 11.6 Å². The zero-order valence-electron chi connectivity index (χ0n) is 14.9. The van der Waals surface area contributed by atoms with Gasteiger partial charge in [-0.25, -0.2) is 13.2 Å². The molecule has 1 aliphatic rings. The summed E-state index contributed by atoms with van der Waals surface area (Å²) in [5.41, 5.74) is 0.842. The predicted molar refractivity (Wildman–Crippen MR) is 104 cm³/mol. The summed E-state index contributed by atoms with van der Waals surface area (Å²) in [6, 6.07) is 9.84. The Bertz CT molecular complexity index is 1100. The number of carbonyl (C=O) groups excluding carboxylic acids is 2. The third-order valence-corrected chi connectivity index (χ3v) is 5.73. The average molecular weight is 422 g/mol. The van der Waals surface area contributed by atoms with Crippen molar-refractivity contribution in [2.45, 2.75) is 17.9 Å². The van der Waals surface area contributed by atoms with E-state index in [1.54, 1.807) is 18.2 Å². The van der Waals surface area contributed by atoms with Crippen LogP contribution < -0.4 is 10.0 Å². The van der Waals surface area contributed by atoms with Crippen LogP contribution in [0.3, 0.4) is 0 Å². The molecule has 0 spiro atoms. The Labute approximate surface area is 166 Å². The van der Waals surface area contributed by atoms with Gasteiger partial charge in [0.05, 0.1) is 22.6 Å². The van der Waals surface area contributed by atoms with E-state index < -0.39 is 27.9 Å². The number of halogens is 1. The van der Waals surface area contributed by atoms with Gasteiger partial charge in [0.15, 0.2) is 0 Å². The molecule has 0 aliphatic carbocycles. The Morgan fingerprint density at radius 1 is 1.21 bits per heavy atom. The molecule has 2 N–H and O–H groups in total. The summed E-state index contributed by atoms with van der Waals surface area (Å²) < 4.78 is 31.2. The molecule has 0 bridgehead atoms. The maximum Gasteiger partial charge on any atom is 0.339 e. The number of aliphatic imine (C=N–C) groups is 1. The van der Waals surface area contributed by atoms with Gasteiger partial charge in [-0.05, 0) is 37.3 Å². The predicted octanol–water partition coefficient (Wildman–Crippen LogP) is 2.19. The number of amidine groups is 1. The van der Waals surface area contributed by atoms with Gasteiger partial charge in [0.25, 0.3) is 10.0 Å². The van der Waals surface area contributed by atoms with Crippen molar-refractivity contribution in [3.63, 3.8) is 0 Å². The monoisotopic (exact) mass is 421 g/mol. The molecule has 0 fully saturated rings. The molecule has 10 heteroatoms. The Kier molecular flexibility index (Phi) is 5.39. The fourth-order valence-electron chi connectivity index (χ4n) is 2.60. The van der Waals surface area contributed by atoms with Crippen LogP contribution in [0.2, 0.25) is 5.02 Å². The Hall–Kier alpha value is -2.91. The molecule has 1 aliphatic heterocycles. The van der Waals surface area contributed by atoms with Gasteiger partial charge < -0.3 is 10.1 Å². The van der Waals surface area contributed by atoms with Gasteiger partial charge in [0.1, 0.15) is 11.9 Å². The number of anilines is 1. The van der Waals surface area contributed by atoms with Gasteiger partial charge in [-0.3, -0.25) is 14.5 Å². The van der Waals surface area contributed by atoms with Crippen LogP contribution in [0.5, 0.6) is 0 Å². The van der Waals surface area contributed by atoms with Crippen molar-refractivity contribution in [2.75, 3.05) is 12.4 Å². The first kappa shape index (κ1) is 19.8. The Morgan fingerprint density at radius 2 is 1.93 bits per heavy atom. The summed E-state index contributed by atoms with van der Waals surface area (Å²) in [4.78, 5) is 28.5. The number of sulfonamides is 1. The summed E-state index contributed by atoms with van der Waals surface area (Å²) in [5.74, 6) is -1.02. The molecule has 2 aromatic carbocycles. The van der Waals surface area contributed by atoms with E-state index in [2.05, 4.69) is 19.8 Å². The number of amides is 1. The molecular formula is C18H16ClN3O5S. The van der Waals surface area contributed by atoms with E-state index in [0.717, 1.165) is 0 Å². The van der Waals surface area contributed by atoms with E-state index in [1.807, 2.05) is 0 Å². The molecule has 8 nitrogen and oxygen atoms in total. The van der Waals surface area contributed by atoms with E-state index in [9.17, 15) is 18.0 Å². The molecule has 3 rings (SSSR count). The van der Waals surface area contributed by atoms with Gasteiger partial charge in [0, 0.05) is 11.3 Å². The van der Waals surface area contributed by atoms with Gasteiger partial charge in [0.2, 0.25) is 5.91 Å². The molecule has 1 amide bonds. The number of nitrogens with one attached hydrogen (secondary N) is 2. The highest BCUT2D eigenvalue weighted by Gasteiger charge is 2.31. The van der Waals surface area contributed by atoms with E-state index in [0.29, 0.717) is 11.3 Å². The second kappa shape index (κ2) is 7.61. The number of carbonyl (C=O) groups is 2. The smallest absolute Gasteiger partial charge is 0.339 e. The van der Waals surface area contributed by atoms with Gasteiger partial charge in [-0.15, -0.1) is 0 Å². The lowest BCUT2D eigenvalue weighted by Gasteiger charge is -2.11. The van der Waals surface area contributed by atoms with E-state index >= 15 is 0 Å². The second-order valence-corrected chi connectivity index (χ2v) is 7.99. The highest BCUT2D eigenvalue weighted by atomic mass is 35.5. The fourth-order valence-corrected chi connectivity index (χ4v) is 4.03. The minimum Gasteiger partial charge on any atom is -0.465 e. The van der Waals surface area contributed by atoms with Crippen molar-refractivity contribution in [2.24, 2.45) is 4.99 Å². The zero-order chi connectivity index (χ0) is 20.5. The molecule has 146 valence electrons. The lowest BCUT2D eigenvalue weighted by atomic mass is 10.2. The molecule has 0 saturated carbocycles. The lowest BCUT2D eigenvalue weighted by Crippen LogP contribution is -2.29. The number of esters is 1. The first-order valence-electron chi connectivity index (χ1n) is 8.11. The first-order valence-corrected chi connectivity index (χ1v) is 9.98. The number of methoxy groups -OCH3 is 1. The number of nitrogens with zero attached hydrogens (tertiary/aromatic N) is 1. The van der Waals surface area contributed by atoms with E-state index in [1.165, 1.54) is 38.3 Å². The van der Waals surface area contributed by atoms with Gasteiger partial charge >= 0.3 is 5.97 Å². The van der Waals surface area contributed by atoms with Crippen LogP contribution in [0, 0.1) is 0 Å². The molecule has 0 saturated heterocycles. The summed E-state index contributed by atoms with van der Waals surface area (Å²) in [7, 11) is -2.46. The minimum absolute atomic E-state index is 0.101. The van der Waals surface area contributed by atoms with E-state index in [4.69, 9.17) is 11.6 Å². The average Bonchev–Trinajstić information content (AvgIpc) is 2.93. The third-order valence-electron chi connectivity index (χ3n) is 4.00. The maximum absolute atomic E-state index is 12.5. The van der Waals surface area contributed by atoms with Crippen molar-refractivity contribution in [3.8, 4) is 0 Å². The van der Waals surface area contributed by atoms with Crippen molar-refractivity contribution in [1.29, 1.82) is 0 Å². The summed E-state index contributed by atoms with van der Waals surface area (Å²) in [5, 5.41) is 2.81. The fraction of sp³-hybridized carbons (Fsp3) is 0.167. The lowest BCUT2D eigenvalue weighted by molar-refractivity contribution is -0.117. The molecule has 2 aromatic rings. The standard InChI is InChI=1S/C18H16ClN3O5S/c1-10(20-16-12-5-3-4-6-15(12)28(25,26)22-16)17(23)21-11-7-8-14(19)13(9-11)18(24)27-2/h3-10H,1-2H3,(H,20,22)(H,21,23)/t10-/m0/s1. The van der Waals surface area contributed by atoms with Crippen molar-refractivity contribution in [3.05, 3.63) is 58.6 Å². The number of rotatable bonds is 4. The molecule has 0 radical (unpaired) electrons. The minimum atomic E-state index is -3.69. The van der Waals surface area contributed by atoms with Crippen LogP contribution in [0.15, 0.2) is 52.4 Å². The van der Waals surface area contributed by atoms with E-state index in [-0.39, 0.29) is 21.3 Å². The summed E-state index contributed by atoms with van der Waals surface area (Å²) >= 11 is 5.96. The number of benzene rings is 2. The zero-order valence-corrected chi connectivity index (χ0v) is 16.5. The number of ether oxygens (including phenoxy) is 1. The normalized spacial score (nSPS) is 16.8. The maximum atomic E-state index is 12.5. The van der Waals surface area contributed by atoms with Crippen LogP contribution in [-0.4, -0.2) is 39.3 Å². The summed E-state index contributed by atoms with van der Waals surface area (Å²) in [6.07, 6.45) is 0. The van der Waals surface area contributed by atoms with Crippen molar-refractivity contribution < 1.29 is 22.7 Å². The SMILES string of the molecule is COC(=O)c1cc(NC(=O)[C@H](C)N=C2NS(=O)(=O)c3ccccc32)ccc1Cl. The molecule has 0 aromatic heterocycles. The number of fused-ring (bicyclic) bond motifs is 1. The second-order valence-electron chi connectivity index (χ2n) is 5.93. The van der Waals surface area contributed by atoms with Gasteiger partial charge in [-0.1, -0.05) is 23.7 Å². The van der Waals surface area contributed by atoms with Crippen LogP contribution in [0.4, 0.5) is 5.69 Å². The van der Waals surface area contributed by atoms with Crippen LogP contribution in [0.25, 0.3) is 0 Å². The molecular weight excluding hydrogens is 406 g/mol. The largest absolute Gasteiger partial charge is 0.465 e. The Balaban J connectivity index is 1.81. The van der Waals surface area contributed by atoms with Crippen LogP contribution in [-0.2, 0) is 19.6 Å². The van der Waals surface area contributed by atoms with Crippen molar-refractivity contribution >= 4 is 45.0 Å². The molecule has 1 atom stereocenters. The van der Waals surface area contributed by atoms with Crippen molar-refractivity contribution in [1.82, 2.24) is 4.72 Å².